The predicted octanol–water partition coefficient (Wildman–Crippen LogP) is 1.89. The van der Waals surface area contributed by atoms with Gasteiger partial charge in [-0.15, -0.1) is 0 Å². The van der Waals surface area contributed by atoms with Crippen LogP contribution in [0.1, 0.15) is 18.4 Å². The Balaban J connectivity index is 2.16. The number of nitro groups is 1. The van der Waals surface area contributed by atoms with E-state index in [1.54, 1.807) is 13.1 Å². The summed E-state index contributed by atoms with van der Waals surface area (Å²) in [5, 5.41) is 14.0. The lowest BCUT2D eigenvalue weighted by Gasteiger charge is -2.23. The summed E-state index contributed by atoms with van der Waals surface area (Å²) in [4.78, 5) is 14.6. The van der Waals surface area contributed by atoms with Gasteiger partial charge in [0.2, 0.25) is 5.82 Å². The maximum Gasteiger partial charge on any atom is 0.311 e. The summed E-state index contributed by atoms with van der Waals surface area (Å²) in [5.74, 6) is 0.354. The summed E-state index contributed by atoms with van der Waals surface area (Å²) in [6.07, 6.45) is 3.34. The highest BCUT2D eigenvalue weighted by Gasteiger charge is 2.20. The van der Waals surface area contributed by atoms with Crippen LogP contribution in [0.3, 0.4) is 0 Å². The van der Waals surface area contributed by atoms with Gasteiger partial charge in [-0.1, -0.05) is 0 Å². The molecule has 0 atom stereocenters. The van der Waals surface area contributed by atoms with Gasteiger partial charge in [0.15, 0.2) is 0 Å². The first-order valence-corrected chi connectivity index (χ1v) is 5.62. The van der Waals surface area contributed by atoms with E-state index in [9.17, 15) is 10.1 Å². The van der Waals surface area contributed by atoms with Gasteiger partial charge in [-0.25, -0.2) is 4.98 Å². The van der Waals surface area contributed by atoms with Crippen LogP contribution in [0, 0.1) is 17.0 Å². The lowest BCUT2D eigenvalue weighted by molar-refractivity contribution is -0.384. The number of hydrogen-bond acceptors (Lipinski definition) is 5. The molecule has 0 amide bonds. The molecular formula is C11H15N3O3. The molecule has 0 spiro atoms. The molecule has 0 aromatic carbocycles. The van der Waals surface area contributed by atoms with Gasteiger partial charge >= 0.3 is 5.69 Å². The second-order valence-corrected chi connectivity index (χ2v) is 4.17. The molecule has 6 heteroatoms. The zero-order chi connectivity index (χ0) is 12.3. The summed E-state index contributed by atoms with van der Waals surface area (Å²) >= 11 is 0. The van der Waals surface area contributed by atoms with Crippen molar-refractivity contribution in [3.8, 4) is 0 Å². The van der Waals surface area contributed by atoms with Crippen LogP contribution in [0.15, 0.2) is 12.3 Å². The summed E-state index contributed by atoms with van der Waals surface area (Å²) in [5.41, 5.74) is 0.825. The Labute approximate surface area is 99.2 Å². The molecular weight excluding hydrogens is 222 g/mol. The molecule has 0 bridgehead atoms. The molecule has 1 aromatic rings. The van der Waals surface area contributed by atoms with E-state index in [0.717, 1.165) is 18.4 Å². The highest BCUT2D eigenvalue weighted by Crippen LogP contribution is 2.24. The number of nitrogens with one attached hydrogen (secondary N) is 1. The summed E-state index contributed by atoms with van der Waals surface area (Å²) in [7, 11) is 0. The van der Waals surface area contributed by atoms with Crippen molar-refractivity contribution in [2.75, 3.05) is 18.5 Å². The smallest absolute Gasteiger partial charge is 0.311 e. The first kappa shape index (κ1) is 11.8. The molecule has 17 heavy (non-hydrogen) atoms. The van der Waals surface area contributed by atoms with Crippen LogP contribution < -0.4 is 5.32 Å². The van der Waals surface area contributed by atoms with Crippen molar-refractivity contribution in [1.82, 2.24) is 4.98 Å². The van der Waals surface area contributed by atoms with Crippen LogP contribution in [0.25, 0.3) is 0 Å². The molecule has 1 N–H and O–H groups in total. The molecule has 1 saturated heterocycles. The molecule has 0 aliphatic carbocycles. The van der Waals surface area contributed by atoms with Crippen molar-refractivity contribution in [3.05, 3.63) is 27.9 Å². The minimum absolute atomic E-state index is 0.0384. The third-order valence-electron chi connectivity index (χ3n) is 2.76. The van der Waals surface area contributed by atoms with Crippen molar-refractivity contribution in [2.24, 2.45) is 0 Å². The molecule has 92 valence electrons. The molecule has 6 nitrogen and oxygen atoms in total. The Morgan fingerprint density at radius 3 is 2.88 bits per heavy atom. The minimum atomic E-state index is -0.401. The fourth-order valence-electron chi connectivity index (χ4n) is 1.84. The van der Waals surface area contributed by atoms with Gasteiger partial charge < -0.3 is 10.1 Å². The first-order chi connectivity index (χ1) is 8.16. The fraction of sp³-hybridized carbons (Fsp3) is 0.545. The van der Waals surface area contributed by atoms with Crippen LogP contribution in [0.5, 0.6) is 0 Å². The van der Waals surface area contributed by atoms with E-state index in [4.69, 9.17) is 4.74 Å². The van der Waals surface area contributed by atoms with E-state index >= 15 is 0 Å². The summed E-state index contributed by atoms with van der Waals surface area (Å²) in [6, 6.07) is 1.74. The van der Waals surface area contributed by atoms with Crippen LogP contribution in [-0.4, -0.2) is 29.2 Å². The van der Waals surface area contributed by atoms with Crippen LogP contribution in [0.2, 0.25) is 0 Å². The van der Waals surface area contributed by atoms with E-state index in [1.807, 2.05) is 0 Å². The Morgan fingerprint density at radius 1 is 1.53 bits per heavy atom. The van der Waals surface area contributed by atoms with Crippen LogP contribution >= 0.6 is 0 Å². The molecule has 1 fully saturated rings. The maximum absolute atomic E-state index is 10.9. The van der Waals surface area contributed by atoms with E-state index in [0.29, 0.717) is 19.0 Å². The molecule has 1 aliphatic heterocycles. The summed E-state index contributed by atoms with van der Waals surface area (Å²) < 4.78 is 5.24. The van der Waals surface area contributed by atoms with Crippen molar-refractivity contribution >= 4 is 11.5 Å². The number of rotatable bonds is 3. The van der Waals surface area contributed by atoms with Gasteiger partial charge in [0.1, 0.15) is 0 Å². The largest absolute Gasteiger partial charge is 0.381 e. The van der Waals surface area contributed by atoms with Gasteiger partial charge in [-0.2, -0.15) is 0 Å². The average molecular weight is 237 g/mol. The Bertz CT molecular complexity index is 416. The number of anilines is 1. The fourth-order valence-corrected chi connectivity index (χ4v) is 1.84. The molecule has 0 unspecified atom stereocenters. The van der Waals surface area contributed by atoms with E-state index in [2.05, 4.69) is 10.3 Å². The third-order valence-corrected chi connectivity index (χ3v) is 2.76. The van der Waals surface area contributed by atoms with Crippen molar-refractivity contribution in [3.63, 3.8) is 0 Å². The minimum Gasteiger partial charge on any atom is -0.381 e. The summed E-state index contributed by atoms with van der Waals surface area (Å²) in [6.45, 7) is 3.17. The van der Waals surface area contributed by atoms with E-state index in [-0.39, 0.29) is 11.7 Å². The number of nitrogens with zero attached hydrogens (tertiary/aromatic N) is 2. The highest BCUT2D eigenvalue weighted by atomic mass is 16.6. The lowest BCUT2D eigenvalue weighted by atomic mass is 10.1. The van der Waals surface area contributed by atoms with Gasteiger partial charge in [-0.3, -0.25) is 10.1 Å². The van der Waals surface area contributed by atoms with Crippen LogP contribution in [-0.2, 0) is 4.74 Å². The van der Waals surface area contributed by atoms with Crippen molar-refractivity contribution < 1.29 is 9.66 Å². The zero-order valence-electron chi connectivity index (χ0n) is 9.68. The maximum atomic E-state index is 10.9. The van der Waals surface area contributed by atoms with Crippen molar-refractivity contribution in [2.45, 2.75) is 25.8 Å². The number of pyridine rings is 1. The lowest BCUT2D eigenvalue weighted by Crippen LogP contribution is -2.28. The Hall–Kier alpha value is -1.69. The second-order valence-electron chi connectivity index (χ2n) is 4.17. The third kappa shape index (κ3) is 2.91. The molecule has 0 radical (unpaired) electrons. The van der Waals surface area contributed by atoms with E-state index in [1.165, 1.54) is 6.07 Å². The van der Waals surface area contributed by atoms with E-state index < -0.39 is 4.92 Å². The Morgan fingerprint density at radius 2 is 2.24 bits per heavy atom. The molecule has 1 aliphatic rings. The quantitative estimate of drug-likeness (QED) is 0.641. The highest BCUT2D eigenvalue weighted by molar-refractivity contribution is 5.57. The van der Waals surface area contributed by atoms with Gasteiger partial charge in [0, 0.05) is 31.5 Å². The Kier molecular flexibility index (Phi) is 3.53. The molecule has 2 rings (SSSR count). The zero-order valence-corrected chi connectivity index (χ0v) is 9.68. The number of hydrogen-bond donors (Lipinski definition) is 1. The second kappa shape index (κ2) is 5.09. The number of aromatic nitrogens is 1. The molecule has 0 saturated carbocycles. The molecule has 2 heterocycles. The predicted molar refractivity (Wildman–Crippen MR) is 63.1 cm³/mol. The van der Waals surface area contributed by atoms with Crippen molar-refractivity contribution in [1.29, 1.82) is 0 Å². The average Bonchev–Trinajstić information content (AvgIpc) is 2.32. The van der Waals surface area contributed by atoms with Gasteiger partial charge in [0.25, 0.3) is 0 Å². The van der Waals surface area contributed by atoms with Crippen LogP contribution in [0.4, 0.5) is 11.5 Å². The number of ether oxygens (including phenoxy) is 1. The normalized spacial score (nSPS) is 16.8. The van der Waals surface area contributed by atoms with Gasteiger partial charge in [-0.05, 0) is 25.3 Å². The number of aryl methyl sites for hydroxylation is 1. The molecule has 1 aromatic heterocycles. The monoisotopic (exact) mass is 237 g/mol. The topological polar surface area (TPSA) is 77.3 Å². The standard InChI is InChI=1S/C11H15N3O3/c1-8-6-10(14(15)16)11(12-7-8)13-9-2-4-17-5-3-9/h6-7,9H,2-5H2,1H3,(H,12,13). The van der Waals surface area contributed by atoms with Gasteiger partial charge in [0.05, 0.1) is 4.92 Å². The first-order valence-electron chi connectivity index (χ1n) is 5.62. The SMILES string of the molecule is Cc1cnc(NC2CCOCC2)c([N+](=O)[O-])c1.